The van der Waals surface area contributed by atoms with Crippen LogP contribution in [0.5, 0.6) is 0 Å². The van der Waals surface area contributed by atoms with Crippen LogP contribution in [0.4, 0.5) is 5.69 Å². The number of hydrogen-bond acceptors (Lipinski definition) is 3. The maximum atomic E-state index is 11.1. The van der Waals surface area contributed by atoms with Crippen LogP contribution in [0.3, 0.4) is 0 Å². The average molecular weight is 206 g/mol. The quantitative estimate of drug-likeness (QED) is 0.452. The summed E-state index contributed by atoms with van der Waals surface area (Å²) < 4.78 is 0. The van der Waals surface area contributed by atoms with Gasteiger partial charge in [-0.2, -0.15) is 0 Å². The minimum absolute atomic E-state index is 0.411. The number of benzene rings is 1. The van der Waals surface area contributed by atoms with Crippen LogP contribution < -0.4 is 5.32 Å². The van der Waals surface area contributed by atoms with E-state index in [2.05, 4.69) is 24.3 Å². The van der Waals surface area contributed by atoms with E-state index in [4.69, 9.17) is 5.21 Å². The Labute approximate surface area is 88.6 Å². The summed E-state index contributed by atoms with van der Waals surface area (Å²) in [6, 6.07) is 7.56. The summed E-state index contributed by atoms with van der Waals surface area (Å²) in [7, 11) is 0. The van der Waals surface area contributed by atoms with Crippen molar-refractivity contribution in [2.45, 2.75) is 19.8 Å². The van der Waals surface area contributed by atoms with Gasteiger partial charge in [0.15, 0.2) is 0 Å². The predicted molar refractivity (Wildman–Crippen MR) is 59.4 cm³/mol. The Morgan fingerprint density at radius 2 is 2.27 bits per heavy atom. The number of amides is 1. The molecule has 0 saturated heterocycles. The molecule has 0 aliphatic rings. The molecule has 0 spiro atoms. The standard InChI is InChI=1S/C11H14N2O2/c1-8(2)9-4-3-5-10(6-9)13-11(14)7-12-15/h3-8,15H,1-2H3,(H,13,14)/b12-7+. The number of rotatable bonds is 3. The van der Waals surface area contributed by atoms with Crippen LogP contribution in [0.1, 0.15) is 25.3 Å². The Morgan fingerprint density at radius 3 is 2.87 bits per heavy atom. The molecule has 0 unspecified atom stereocenters. The topological polar surface area (TPSA) is 61.7 Å². The van der Waals surface area contributed by atoms with E-state index in [-0.39, 0.29) is 0 Å². The van der Waals surface area contributed by atoms with Crippen molar-refractivity contribution in [3.63, 3.8) is 0 Å². The number of nitrogens with zero attached hydrogens (tertiary/aromatic N) is 1. The molecule has 1 aromatic rings. The Kier molecular flexibility index (Phi) is 3.85. The van der Waals surface area contributed by atoms with Crippen molar-refractivity contribution in [3.8, 4) is 0 Å². The lowest BCUT2D eigenvalue weighted by molar-refractivity contribution is -0.110. The minimum atomic E-state index is -0.446. The highest BCUT2D eigenvalue weighted by Gasteiger charge is 2.02. The van der Waals surface area contributed by atoms with E-state index >= 15 is 0 Å². The third-order valence-corrected chi connectivity index (χ3v) is 2.00. The summed E-state index contributed by atoms with van der Waals surface area (Å²) in [5.74, 6) is -0.0354. The van der Waals surface area contributed by atoms with Gasteiger partial charge in [0, 0.05) is 5.69 Å². The number of oxime groups is 1. The van der Waals surface area contributed by atoms with Gasteiger partial charge in [-0.3, -0.25) is 4.79 Å². The van der Waals surface area contributed by atoms with Crippen molar-refractivity contribution in [1.29, 1.82) is 0 Å². The molecule has 0 saturated carbocycles. The lowest BCUT2D eigenvalue weighted by Gasteiger charge is -2.07. The lowest BCUT2D eigenvalue weighted by Crippen LogP contribution is -2.12. The maximum absolute atomic E-state index is 11.1. The van der Waals surface area contributed by atoms with E-state index in [0.29, 0.717) is 11.6 Å². The fourth-order valence-corrected chi connectivity index (χ4v) is 1.20. The number of carbonyl (C=O) groups is 1. The third kappa shape index (κ3) is 3.42. The Bertz CT molecular complexity index is 373. The molecule has 1 aromatic carbocycles. The second-order valence-corrected chi connectivity index (χ2v) is 3.51. The molecule has 0 fully saturated rings. The first-order valence-electron chi connectivity index (χ1n) is 4.72. The van der Waals surface area contributed by atoms with E-state index in [1.165, 1.54) is 0 Å². The van der Waals surface area contributed by atoms with E-state index < -0.39 is 5.91 Å². The van der Waals surface area contributed by atoms with Crippen molar-refractivity contribution < 1.29 is 10.0 Å². The molecule has 2 N–H and O–H groups in total. The number of carbonyl (C=O) groups excluding carboxylic acids is 1. The highest BCUT2D eigenvalue weighted by Crippen LogP contribution is 2.18. The van der Waals surface area contributed by atoms with Gasteiger partial charge in [0.05, 0.1) is 0 Å². The Balaban J connectivity index is 2.78. The molecule has 0 aliphatic carbocycles. The van der Waals surface area contributed by atoms with Crippen LogP contribution in [0.2, 0.25) is 0 Å². The van der Waals surface area contributed by atoms with Crippen LogP contribution in [-0.2, 0) is 4.79 Å². The summed E-state index contributed by atoms with van der Waals surface area (Å²) in [5, 5.41) is 13.4. The van der Waals surface area contributed by atoms with E-state index in [1.807, 2.05) is 18.2 Å². The van der Waals surface area contributed by atoms with Gasteiger partial charge < -0.3 is 10.5 Å². The number of nitrogens with one attached hydrogen (secondary N) is 1. The summed E-state index contributed by atoms with van der Waals surface area (Å²) in [6.07, 6.45) is 0.821. The zero-order valence-electron chi connectivity index (χ0n) is 8.77. The molecule has 0 heterocycles. The zero-order valence-corrected chi connectivity index (χ0v) is 8.77. The van der Waals surface area contributed by atoms with Gasteiger partial charge in [0.25, 0.3) is 5.91 Å². The van der Waals surface area contributed by atoms with Crippen molar-refractivity contribution in [2.75, 3.05) is 5.32 Å². The van der Waals surface area contributed by atoms with Crippen LogP contribution in [0, 0.1) is 0 Å². The summed E-state index contributed by atoms with van der Waals surface area (Å²) in [4.78, 5) is 11.1. The van der Waals surface area contributed by atoms with Crippen LogP contribution >= 0.6 is 0 Å². The largest absolute Gasteiger partial charge is 0.411 e. The van der Waals surface area contributed by atoms with E-state index in [0.717, 1.165) is 11.8 Å². The van der Waals surface area contributed by atoms with Crippen molar-refractivity contribution in [3.05, 3.63) is 29.8 Å². The molecular formula is C11H14N2O2. The van der Waals surface area contributed by atoms with Gasteiger partial charge in [-0.05, 0) is 23.6 Å². The second kappa shape index (κ2) is 5.14. The SMILES string of the molecule is CC(C)c1cccc(NC(=O)/C=N/O)c1. The molecule has 80 valence electrons. The number of hydrogen-bond donors (Lipinski definition) is 2. The van der Waals surface area contributed by atoms with Crippen LogP contribution in [-0.4, -0.2) is 17.3 Å². The molecule has 0 atom stereocenters. The maximum Gasteiger partial charge on any atom is 0.270 e. The molecule has 0 aliphatic heterocycles. The average Bonchev–Trinajstić information content (AvgIpc) is 2.18. The summed E-state index contributed by atoms with van der Waals surface area (Å²) >= 11 is 0. The monoisotopic (exact) mass is 206 g/mol. The highest BCUT2D eigenvalue weighted by atomic mass is 16.4. The van der Waals surface area contributed by atoms with Gasteiger partial charge >= 0.3 is 0 Å². The normalized spacial score (nSPS) is 10.9. The summed E-state index contributed by atoms with van der Waals surface area (Å²) in [6.45, 7) is 4.16. The van der Waals surface area contributed by atoms with Gasteiger partial charge in [-0.25, -0.2) is 0 Å². The summed E-state index contributed by atoms with van der Waals surface area (Å²) in [5.41, 5.74) is 1.85. The molecule has 0 aromatic heterocycles. The van der Waals surface area contributed by atoms with E-state index in [1.54, 1.807) is 6.07 Å². The zero-order chi connectivity index (χ0) is 11.3. The first-order valence-corrected chi connectivity index (χ1v) is 4.72. The molecule has 4 nitrogen and oxygen atoms in total. The van der Waals surface area contributed by atoms with Gasteiger partial charge in [0.2, 0.25) is 0 Å². The number of anilines is 1. The van der Waals surface area contributed by atoms with Gasteiger partial charge in [0.1, 0.15) is 6.21 Å². The first kappa shape index (κ1) is 11.2. The lowest BCUT2D eigenvalue weighted by atomic mass is 10.0. The van der Waals surface area contributed by atoms with Crippen LogP contribution in [0.15, 0.2) is 29.4 Å². The van der Waals surface area contributed by atoms with E-state index in [9.17, 15) is 4.79 Å². The van der Waals surface area contributed by atoms with Gasteiger partial charge in [-0.15, -0.1) is 0 Å². The Morgan fingerprint density at radius 1 is 1.53 bits per heavy atom. The fourth-order valence-electron chi connectivity index (χ4n) is 1.20. The molecule has 15 heavy (non-hydrogen) atoms. The van der Waals surface area contributed by atoms with Crippen LogP contribution in [0.25, 0.3) is 0 Å². The molecule has 4 heteroatoms. The van der Waals surface area contributed by atoms with Gasteiger partial charge in [-0.1, -0.05) is 31.1 Å². The minimum Gasteiger partial charge on any atom is -0.411 e. The van der Waals surface area contributed by atoms with Crippen molar-refractivity contribution in [1.82, 2.24) is 0 Å². The molecule has 1 rings (SSSR count). The predicted octanol–water partition coefficient (Wildman–Crippen LogP) is 2.21. The molecule has 0 bridgehead atoms. The van der Waals surface area contributed by atoms with Crippen molar-refractivity contribution in [2.24, 2.45) is 5.16 Å². The molecule has 0 radical (unpaired) electrons. The molecule has 1 amide bonds. The molecular weight excluding hydrogens is 192 g/mol. The fraction of sp³-hybridized carbons (Fsp3) is 0.273. The second-order valence-electron chi connectivity index (χ2n) is 3.51. The first-order chi connectivity index (χ1) is 7.13. The smallest absolute Gasteiger partial charge is 0.270 e. The Hall–Kier alpha value is -1.84. The third-order valence-electron chi connectivity index (χ3n) is 2.00. The van der Waals surface area contributed by atoms with Crippen molar-refractivity contribution >= 4 is 17.8 Å². The highest BCUT2D eigenvalue weighted by molar-refractivity contribution is 6.31.